The highest BCUT2D eigenvalue weighted by molar-refractivity contribution is 6.41. The predicted octanol–water partition coefficient (Wildman–Crippen LogP) is 3.08. The van der Waals surface area contributed by atoms with Crippen molar-refractivity contribution in [3.05, 3.63) is 27.2 Å². The van der Waals surface area contributed by atoms with Crippen LogP contribution in [0, 0.1) is 0 Å². The zero-order valence-corrected chi connectivity index (χ0v) is 12.7. The number of rotatable bonds is 8. The van der Waals surface area contributed by atoms with Gasteiger partial charge < -0.3 is 19.9 Å². The number of benzene rings is 1. The first-order valence-corrected chi connectivity index (χ1v) is 6.81. The summed E-state index contributed by atoms with van der Waals surface area (Å²) in [7, 11) is 1.59. The van der Waals surface area contributed by atoms with E-state index in [0.29, 0.717) is 34.0 Å². The number of aliphatic hydroxyl groups excluding tert-OH is 1. The van der Waals surface area contributed by atoms with Gasteiger partial charge in [-0.1, -0.05) is 34.8 Å². The second-order valence-corrected chi connectivity index (χ2v) is 5.10. The number of ether oxygens (including phenoxy) is 2. The molecule has 1 atom stereocenters. The largest absolute Gasteiger partial charge is 0.389 e. The molecule has 0 saturated heterocycles. The van der Waals surface area contributed by atoms with Gasteiger partial charge in [0.05, 0.1) is 41.7 Å². The summed E-state index contributed by atoms with van der Waals surface area (Å²) < 4.78 is 10.0. The van der Waals surface area contributed by atoms with Gasteiger partial charge >= 0.3 is 0 Å². The van der Waals surface area contributed by atoms with Gasteiger partial charge in [0.1, 0.15) is 0 Å². The number of hydrogen-bond donors (Lipinski definition) is 2. The Balaban J connectivity index is 2.40. The zero-order valence-electron chi connectivity index (χ0n) is 10.5. The van der Waals surface area contributed by atoms with Gasteiger partial charge in [0.25, 0.3) is 0 Å². The van der Waals surface area contributed by atoms with Crippen LogP contribution in [0.4, 0.5) is 5.69 Å². The summed E-state index contributed by atoms with van der Waals surface area (Å²) in [6.45, 7) is 1.41. The Morgan fingerprint density at radius 2 is 1.84 bits per heavy atom. The highest BCUT2D eigenvalue weighted by Gasteiger charge is 2.10. The lowest BCUT2D eigenvalue weighted by Gasteiger charge is -2.15. The number of anilines is 1. The van der Waals surface area contributed by atoms with E-state index in [2.05, 4.69) is 5.32 Å². The monoisotopic (exact) mass is 327 g/mol. The predicted molar refractivity (Wildman–Crippen MR) is 78.7 cm³/mol. The van der Waals surface area contributed by atoms with Gasteiger partial charge in [0, 0.05) is 18.7 Å². The Morgan fingerprint density at radius 3 is 2.42 bits per heavy atom. The van der Waals surface area contributed by atoms with E-state index >= 15 is 0 Å². The minimum absolute atomic E-state index is 0.208. The van der Waals surface area contributed by atoms with E-state index in [1.165, 1.54) is 0 Å². The van der Waals surface area contributed by atoms with Crippen molar-refractivity contribution >= 4 is 40.5 Å². The summed E-state index contributed by atoms with van der Waals surface area (Å²) in [5, 5.41) is 13.9. The van der Waals surface area contributed by atoms with Crippen molar-refractivity contribution in [1.29, 1.82) is 0 Å². The molecule has 7 heteroatoms. The van der Waals surface area contributed by atoms with E-state index in [4.69, 9.17) is 44.3 Å². The van der Waals surface area contributed by atoms with E-state index in [1.807, 2.05) is 0 Å². The SMILES string of the molecule is COCCOCC(O)CNc1c(Cl)cc(Cl)cc1Cl. The smallest absolute Gasteiger partial charge is 0.0945 e. The molecule has 0 bridgehead atoms. The molecule has 0 heterocycles. The van der Waals surface area contributed by atoms with Crippen molar-refractivity contribution in [2.75, 3.05) is 38.8 Å². The van der Waals surface area contributed by atoms with Crippen molar-refractivity contribution in [2.24, 2.45) is 0 Å². The van der Waals surface area contributed by atoms with Gasteiger partial charge in [-0.25, -0.2) is 0 Å². The highest BCUT2D eigenvalue weighted by Crippen LogP contribution is 2.33. The fraction of sp³-hybridized carbons (Fsp3) is 0.500. The zero-order chi connectivity index (χ0) is 14.3. The van der Waals surface area contributed by atoms with Crippen molar-refractivity contribution in [2.45, 2.75) is 6.10 Å². The maximum Gasteiger partial charge on any atom is 0.0945 e. The molecule has 4 nitrogen and oxygen atoms in total. The van der Waals surface area contributed by atoms with Crippen LogP contribution in [0.25, 0.3) is 0 Å². The average Bonchev–Trinajstić information content (AvgIpc) is 2.33. The summed E-state index contributed by atoms with van der Waals surface area (Å²) >= 11 is 17.8. The Kier molecular flexibility index (Phi) is 7.83. The molecule has 0 saturated carbocycles. The Morgan fingerprint density at radius 1 is 1.21 bits per heavy atom. The van der Waals surface area contributed by atoms with Crippen molar-refractivity contribution in [3.63, 3.8) is 0 Å². The molecule has 0 spiro atoms. The number of methoxy groups -OCH3 is 1. The second kappa shape index (κ2) is 8.84. The molecular formula is C12H16Cl3NO3. The van der Waals surface area contributed by atoms with Crippen LogP contribution in [-0.4, -0.2) is 44.7 Å². The fourth-order valence-corrected chi connectivity index (χ4v) is 2.30. The molecule has 0 aliphatic rings. The van der Waals surface area contributed by atoms with Crippen molar-refractivity contribution < 1.29 is 14.6 Å². The molecule has 0 aliphatic carbocycles. The third kappa shape index (κ3) is 6.17. The number of hydrogen-bond acceptors (Lipinski definition) is 4. The number of halogens is 3. The standard InChI is InChI=1S/C12H16Cl3NO3/c1-18-2-3-19-7-9(17)6-16-12-10(14)4-8(13)5-11(12)15/h4-5,9,16-17H,2-3,6-7H2,1H3. The minimum Gasteiger partial charge on any atom is -0.389 e. The molecule has 0 radical (unpaired) electrons. The van der Waals surface area contributed by atoms with Gasteiger partial charge in [-0.2, -0.15) is 0 Å². The Hall–Kier alpha value is -0.230. The van der Waals surface area contributed by atoms with Gasteiger partial charge in [-0.15, -0.1) is 0 Å². The summed E-state index contributed by atoms with van der Waals surface area (Å²) in [5.74, 6) is 0. The maximum atomic E-state index is 9.71. The molecule has 0 amide bonds. The van der Waals surface area contributed by atoms with Gasteiger partial charge in [0.2, 0.25) is 0 Å². The molecule has 1 rings (SSSR count). The lowest BCUT2D eigenvalue weighted by Crippen LogP contribution is -2.25. The molecule has 108 valence electrons. The van der Waals surface area contributed by atoms with Crippen LogP contribution in [0.5, 0.6) is 0 Å². The third-order valence-corrected chi connectivity index (χ3v) is 3.08. The summed E-state index contributed by atoms with van der Waals surface area (Å²) in [5.41, 5.74) is 0.545. The highest BCUT2D eigenvalue weighted by atomic mass is 35.5. The molecule has 0 fully saturated rings. The van der Waals surface area contributed by atoms with E-state index in [0.717, 1.165) is 0 Å². The molecule has 1 aromatic carbocycles. The van der Waals surface area contributed by atoms with Gasteiger partial charge in [-0.05, 0) is 12.1 Å². The quantitative estimate of drug-likeness (QED) is 0.720. The van der Waals surface area contributed by atoms with E-state index in [-0.39, 0.29) is 13.2 Å². The van der Waals surface area contributed by atoms with Crippen molar-refractivity contribution in [1.82, 2.24) is 0 Å². The van der Waals surface area contributed by atoms with E-state index in [9.17, 15) is 5.11 Å². The van der Waals surface area contributed by atoms with Crippen molar-refractivity contribution in [3.8, 4) is 0 Å². The van der Waals surface area contributed by atoms with Crippen LogP contribution in [-0.2, 0) is 9.47 Å². The third-order valence-electron chi connectivity index (χ3n) is 2.26. The Bertz CT molecular complexity index is 381. The van der Waals surface area contributed by atoms with E-state index in [1.54, 1.807) is 19.2 Å². The molecule has 0 aliphatic heterocycles. The first-order valence-electron chi connectivity index (χ1n) is 5.67. The lowest BCUT2D eigenvalue weighted by molar-refractivity contribution is 0.0182. The fourth-order valence-electron chi connectivity index (χ4n) is 1.35. The molecular weight excluding hydrogens is 312 g/mol. The first kappa shape index (κ1) is 16.8. The van der Waals surface area contributed by atoms with Crippen LogP contribution in [0.2, 0.25) is 15.1 Å². The van der Waals surface area contributed by atoms with Gasteiger partial charge in [-0.3, -0.25) is 0 Å². The summed E-state index contributed by atoms with van der Waals surface area (Å²) in [4.78, 5) is 0. The second-order valence-electron chi connectivity index (χ2n) is 3.85. The van der Waals surface area contributed by atoms with Crippen LogP contribution >= 0.6 is 34.8 Å². The van der Waals surface area contributed by atoms with Crippen LogP contribution in [0.1, 0.15) is 0 Å². The first-order chi connectivity index (χ1) is 9.04. The molecule has 2 N–H and O–H groups in total. The molecule has 1 unspecified atom stereocenters. The van der Waals surface area contributed by atoms with Crippen LogP contribution < -0.4 is 5.32 Å². The summed E-state index contributed by atoms with van der Waals surface area (Å²) in [6, 6.07) is 3.16. The minimum atomic E-state index is -0.667. The molecule has 1 aromatic rings. The average molecular weight is 329 g/mol. The van der Waals surface area contributed by atoms with Gasteiger partial charge in [0.15, 0.2) is 0 Å². The lowest BCUT2D eigenvalue weighted by atomic mass is 10.3. The van der Waals surface area contributed by atoms with Crippen LogP contribution in [0.15, 0.2) is 12.1 Å². The topological polar surface area (TPSA) is 50.7 Å². The van der Waals surface area contributed by atoms with Crippen LogP contribution in [0.3, 0.4) is 0 Å². The maximum absolute atomic E-state index is 9.71. The Labute approximate surface area is 127 Å². The number of aliphatic hydroxyl groups is 1. The normalized spacial score (nSPS) is 12.5. The summed E-state index contributed by atoms with van der Waals surface area (Å²) in [6.07, 6.45) is -0.667. The molecule has 19 heavy (non-hydrogen) atoms. The molecule has 0 aromatic heterocycles. The van der Waals surface area contributed by atoms with E-state index < -0.39 is 6.10 Å². The number of nitrogens with one attached hydrogen (secondary N) is 1.